The third-order valence-corrected chi connectivity index (χ3v) is 4.42. The molecule has 1 aliphatic rings. The summed E-state index contributed by atoms with van der Waals surface area (Å²) in [5, 5.41) is 0. The number of aromatic nitrogens is 2. The third-order valence-electron chi connectivity index (χ3n) is 3.19. The van der Waals surface area contributed by atoms with Crippen molar-refractivity contribution in [2.75, 3.05) is 11.5 Å². The Hall–Kier alpha value is -0.960. The largest absolute Gasteiger partial charge is 0.307 e. The highest BCUT2D eigenvalue weighted by Crippen LogP contribution is 2.26. The van der Waals surface area contributed by atoms with E-state index in [0.29, 0.717) is 0 Å². The summed E-state index contributed by atoms with van der Waals surface area (Å²) in [6, 6.07) is 4.27. The maximum absolute atomic E-state index is 4.69. The maximum Gasteiger partial charge on any atom is 0.137 e. The molecule has 0 amide bonds. The van der Waals surface area contributed by atoms with Crippen LogP contribution in [0.3, 0.4) is 0 Å². The van der Waals surface area contributed by atoms with Gasteiger partial charge in [-0.25, -0.2) is 4.98 Å². The van der Waals surface area contributed by atoms with Gasteiger partial charge in [-0.15, -0.1) is 0 Å². The summed E-state index contributed by atoms with van der Waals surface area (Å²) < 4.78 is 2.13. The predicted molar refractivity (Wildman–Crippen MR) is 69.1 cm³/mol. The molecule has 0 aromatic carbocycles. The summed E-state index contributed by atoms with van der Waals surface area (Å²) in [6.45, 7) is 2.11. The molecule has 2 aromatic heterocycles. The van der Waals surface area contributed by atoms with E-state index in [2.05, 4.69) is 47.6 Å². The summed E-state index contributed by atoms with van der Waals surface area (Å²) in [6.07, 6.45) is 6.79. The first kappa shape index (κ1) is 10.2. The first-order valence-electron chi connectivity index (χ1n) is 5.83. The molecule has 3 heteroatoms. The molecule has 3 heterocycles. The molecule has 1 unspecified atom stereocenters. The number of hydrogen-bond donors (Lipinski definition) is 0. The Kier molecular flexibility index (Phi) is 2.64. The molecule has 3 rings (SSSR count). The van der Waals surface area contributed by atoms with E-state index in [1.807, 2.05) is 0 Å². The van der Waals surface area contributed by atoms with Crippen LogP contribution in [-0.2, 0) is 6.42 Å². The molecule has 1 saturated heterocycles. The number of fused-ring (bicyclic) bond motifs is 1. The average molecular weight is 232 g/mol. The van der Waals surface area contributed by atoms with E-state index in [1.54, 1.807) is 0 Å². The number of hydrogen-bond acceptors (Lipinski definition) is 2. The van der Waals surface area contributed by atoms with Gasteiger partial charge in [0.05, 0.1) is 5.69 Å². The van der Waals surface area contributed by atoms with Crippen LogP contribution in [0.25, 0.3) is 5.65 Å². The van der Waals surface area contributed by atoms with Crippen LogP contribution in [0.5, 0.6) is 0 Å². The zero-order valence-electron chi connectivity index (χ0n) is 9.52. The van der Waals surface area contributed by atoms with Crippen molar-refractivity contribution in [1.82, 2.24) is 9.38 Å². The van der Waals surface area contributed by atoms with Gasteiger partial charge in [0.2, 0.25) is 0 Å². The topological polar surface area (TPSA) is 17.3 Å². The van der Waals surface area contributed by atoms with Gasteiger partial charge in [0, 0.05) is 12.4 Å². The minimum Gasteiger partial charge on any atom is -0.307 e. The van der Waals surface area contributed by atoms with Gasteiger partial charge in [0.1, 0.15) is 5.65 Å². The molecule has 1 aliphatic heterocycles. The lowest BCUT2D eigenvalue weighted by atomic mass is 10.0. The Labute approximate surface area is 100 Å². The minimum absolute atomic E-state index is 0.844. The Balaban J connectivity index is 1.86. The smallest absolute Gasteiger partial charge is 0.137 e. The molecule has 2 aromatic rings. The monoisotopic (exact) mass is 232 g/mol. The Morgan fingerprint density at radius 2 is 2.50 bits per heavy atom. The number of rotatable bonds is 2. The molecule has 0 spiro atoms. The Bertz CT molecular complexity index is 498. The number of nitrogens with zero attached hydrogens (tertiary/aromatic N) is 2. The summed E-state index contributed by atoms with van der Waals surface area (Å²) in [5.41, 5.74) is 3.61. The van der Waals surface area contributed by atoms with Gasteiger partial charge in [-0.2, -0.15) is 11.8 Å². The van der Waals surface area contributed by atoms with E-state index < -0.39 is 0 Å². The highest BCUT2D eigenvalue weighted by Gasteiger charge is 2.17. The number of pyridine rings is 1. The van der Waals surface area contributed by atoms with Gasteiger partial charge in [0.25, 0.3) is 0 Å². The van der Waals surface area contributed by atoms with Crippen LogP contribution in [0.15, 0.2) is 24.5 Å². The molecule has 2 nitrogen and oxygen atoms in total. The van der Waals surface area contributed by atoms with Crippen molar-refractivity contribution in [3.8, 4) is 0 Å². The zero-order valence-corrected chi connectivity index (χ0v) is 10.3. The van der Waals surface area contributed by atoms with E-state index in [0.717, 1.165) is 18.0 Å². The van der Waals surface area contributed by atoms with Gasteiger partial charge in [0.15, 0.2) is 0 Å². The molecule has 0 radical (unpaired) electrons. The molecule has 1 fully saturated rings. The van der Waals surface area contributed by atoms with E-state index >= 15 is 0 Å². The van der Waals surface area contributed by atoms with E-state index in [4.69, 9.17) is 4.98 Å². The van der Waals surface area contributed by atoms with Crippen LogP contribution in [0.1, 0.15) is 17.7 Å². The lowest BCUT2D eigenvalue weighted by Gasteiger charge is -2.03. The normalized spacial score (nSPS) is 20.7. The van der Waals surface area contributed by atoms with Crippen LogP contribution in [-0.4, -0.2) is 20.9 Å². The highest BCUT2D eigenvalue weighted by molar-refractivity contribution is 7.99. The lowest BCUT2D eigenvalue weighted by molar-refractivity contribution is 0.589. The third kappa shape index (κ3) is 1.96. The average Bonchev–Trinajstić information content (AvgIpc) is 2.86. The summed E-state index contributed by atoms with van der Waals surface area (Å²) in [5.74, 6) is 3.49. The molecule has 0 N–H and O–H groups in total. The van der Waals surface area contributed by atoms with Gasteiger partial charge < -0.3 is 4.40 Å². The fraction of sp³-hybridized carbons (Fsp3) is 0.462. The second-order valence-corrected chi connectivity index (χ2v) is 5.79. The van der Waals surface area contributed by atoms with Crippen molar-refractivity contribution in [3.63, 3.8) is 0 Å². The van der Waals surface area contributed by atoms with Crippen molar-refractivity contribution in [2.24, 2.45) is 5.92 Å². The summed E-state index contributed by atoms with van der Waals surface area (Å²) in [4.78, 5) is 4.69. The number of imidazole rings is 1. The molecule has 0 saturated carbocycles. The molecule has 0 aliphatic carbocycles. The Morgan fingerprint density at radius 1 is 1.56 bits per heavy atom. The van der Waals surface area contributed by atoms with Crippen LogP contribution in [0.2, 0.25) is 0 Å². The molecular weight excluding hydrogens is 216 g/mol. The number of aryl methyl sites for hydroxylation is 1. The fourth-order valence-electron chi connectivity index (χ4n) is 2.27. The molecule has 0 bridgehead atoms. The van der Waals surface area contributed by atoms with Crippen molar-refractivity contribution in [2.45, 2.75) is 19.8 Å². The van der Waals surface area contributed by atoms with Crippen LogP contribution in [0, 0.1) is 12.8 Å². The molecule has 1 atom stereocenters. The van der Waals surface area contributed by atoms with Gasteiger partial charge in [-0.3, -0.25) is 0 Å². The second-order valence-electron chi connectivity index (χ2n) is 4.64. The standard InChI is InChI=1S/C13H16N2S/c1-10-2-4-15-8-12(14-13(15)6-10)7-11-3-5-16-9-11/h2,4,6,8,11H,3,5,7,9H2,1H3. The zero-order chi connectivity index (χ0) is 11.0. The molecular formula is C13H16N2S. The maximum atomic E-state index is 4.69. The van der Waals surface area contributed by atoms with Crippen molar-refractivity contribution >= 4 is 17.4 Å². The van der Waals surface area contributed by atoms with E-state index in [1.165, 1.54) is 29.2 Å². The summed E-state index contributed by atoms with van der Waals surface area (Å²) >= 11 is 2.08. The SMILES string of the molecule is Cc1ccn2cc(CC3CCSC3)nc2c1. The lowest BCUT2D eigenvalue weighted by Crippen LogP contribution is -2.02. The van der Waals surface area contributed by atoms with E-state index in [-0.39, 0.29) is 0 Å². The Morgan fingerprint density at radius 3 is 3.31 bits per heavy atom. The van der Waals surface area contributed by atoms with Crippen LogP contribution in [0.4, 0.5) is 0 Å². The van der Waals surface area contributed by atoms with Crippen LogP contribution < -0.4 is 0 Å². The van der Waals surface area contributed by atoms with Gasteiger partial charge in [-0.05, 0) is 54.9 Å². The molecule has 84 valence electrons. The number of thioether (sulfide) groups is 1. The quantitative estimate of drug-likeness (QED) is 0.792. The molecule has 16 heavy (non-hydrogen) atoms. The first-order chi connectivity index (χ1) is 7.81. The summed E-state index contributed by atoms with van der Waals surface area (Å²) in [7, 11) is 0. The highest BCUT2D eigenvalue weighted by atomic mass is 32.2. The van der Waals surface area contributed by atoms with Gasteiger partial charge >= 0.3 is 0 Å². The van der Waals surface area contributed by atoms with Crippen LogP contribution >= 0.6 is 11.8 Å². The first-order valence-corrected chi connectivity index (χ1v) is 6.99. The minimum atomic E-state index is 0.844. The van der Waals surface area contributed by atoms with Crippen molar-refractivity contribution in [1.29, 1.82) is 0 Å². The fourth-order valence-corrected chi connectivity index (χ4v) is 3.56. The second kappa shape index (κ2) is 4.13. The van der Waals surface area contributed by atoms with Crippen molar-refractivity contribution in [3.05, 3.63) is 35.8 Å². The van der Waals surface area contributed by atoms with Gasteiger partial charge in [-0.1, -0.05) is 0 Å². The van der Waals surface area contributed by atoms with E-state index in [9.17, 15) is 0 Å². The van der Waals surface area contributed by atoms with Crippen molar-refractivity contribution < 1.29 is 0 Å². The predicted octanol–water partition coefficient (Wildman–Crippen LogP) is 2.94.